The molecule has 0 fully saturated rings. The van der Waals surface area contributed by atoms with E-state index in [9.17, 15) is 0 Å². The van der Waals surface area contributed by atoms with Crippen molar-refractivity contribution in [3.05, 3.63) is 158 Å². The molecule has 11 aromatic rings. The molecule has 0 radical (unpaired) electrons. The highest BCUT2D eigenvalue weighted by molar-refractivity contribution is 6.30. The van der Waals surface area contributed by atoms with Crippen LogP contribution in [0.1, 0.15) is 0 Å². The highest BCUT2D eigenvalue weighted by Gasteiger charge is 2.20. The minimum absolute atomic E-state index is 0.909. The number of hydrogen-bond donors (Lipinski definition) is 0. The molecule has 0 aliphatic carbocycles. The Morgan fingerprint density at radius 3 is 1.19 bits per heavy atom. The molecule has 2 nitrogen and oxygen atoms in total. The van der Waals surface area contributed by atoms with Crippen LogP contribution in [0.25, 0.3) is 109 Å². The van der Waals surface area contributed by atoms with Crippen LogP contribution in [-0.2, 0) is 0 Å². The third kappa shape index (κ3) is 3.52. The van der Waals surface area contributed by atoms with Crippen LogP contribution in [0.4, 0.5) is 0 Å². The number of fused-ring (bicyclic) bond motifs is 14. The van der Waals surface area contributed by atoms with Crippen molar-refractivity contribution < 1.29 is 8.83 Å². The standard InChI is InChI=1S/C46H26O2/c1-3-11-27(12-4-1)39-24-29-23-30-25-40(28-13-5-2-6-14-28)44-34(20-22-36-32-16-8-10-18-42(32)48-46(36)44)38(30)26-37(29)33-19-21-35-31-15-7-9-17-41(31)47-45(35)43(33)39/h1-26H. The van der Waals surface area contributed by atoms with Crippen molar-refractivity contribution in [1.82, 2.24) is 0 Å². The highest BCUT2D eigenvalue weighted by Crippen LogP contribution is 2.46. The third-order valence-electron chi connectivity index (χ3n) is 10.2. The predicted molar refractivity (Wildman–Crippen MR) is 202 cm³/mol. The Morgan fingerprint density at radius 2 is 0.708 bits per heavy atom. The molecule has 0 N–H and O–H groups in total. The largest absolute Gasteiger partial charge is 0.455 e. The summed E-state index contributed by atoms with van der Waals surface area (Å²) < 4.78 is 13.3. The van der Waals surface area contributed by atoms with E-state index in [4.69, 9.17) is 8.83 Å². The van der Waals surface area contributed by atoms with Crippen molar-refractivity contribution >= 4 is 87.0 Å². The lowest BCUT2D eigenvalue weighted by molar-refractivity contribution is 0.672. The summed E-state index contributed by atoms with van der Waals surface area (Å²) in [5.74, 6) is 0. The van der Waals surface area contributed by atoms with Gasteiger partial charge in [0.2, 0.25) is 0 Å². The van der Waals surface area contributed by atoms with Crippen LogP contribution in [0.15, 0.2) is 167 Å². The lowest BCUT2D eigenvalue weighted by atomic mass is 9.87. The monoisotopic (exact) mass is 610 g/mol. The lowest BCUT2D eigenvalue weighted by Crippen LogP contribution is -1.89. The number of furan rings is 2. The first kappa shape index (κ1) is 25.8. The SMILES string of the molecule is c1ccc(-c2cc3cc4cc(-c5ccccc5)c5c(ccc6c7ccccc7oc65)c4cc3c3ccc4c5ccccc5oc4c23)cc1. The second-order valence-corrected chi connectivity index (χ2v) is 12.8. The summed E-state index contributed by atoms with van der Waals surface area (Å²) in [4.78, 5) is 0. The van der Waals surface area contributed by atoms with Gasteiger partial charge in [-0.3, -0.25) is 0 Å². The van der Waals surface area contributed by atoms with Gasteiger partial charge in [0, 0.05) is 32.3 Å². The van der Waals surface area contributed by atoms with Gasteiger partial charge in [-0.1, -0.05) is 109 Å². The van der Waals surface area contributed by atoms with Gasteiger partial charge < -0.3 is 8.83 Å². The lowest BCUT2D eigenvalue weighted by Gasteiger charge is -2.15. The van der Waals surface area contributed by atoms with Crippen LogP contribution < -0.4 is 0 Å². The molecule has 9 aromatic carbocycles. The number of para-hydroxylation sites is 2. The summed E-state index contributed by atoms with van der Waals surface area (Å²) >= 11 is 0. The normalized spacial score (nSPS) is 12.2. The zero-order valence-electron chi connectivity index (χ0n) is 25.8. The Labute approximate surface area is 275 Å². The molecular weight excluding hydrogens is 585 g/mol. The minimum atomic E-state index is 0.909. The summed E-state index contributed by atoms with van der Waals surface area (Å²) in [5.41, 5.74) is 8.39. The van der Waals surface area contributed by atoms with E-state index in [2.05, 4.69) is 146 Å². The third-order valence-corrected chi connectivity index (χ3v) is 10.2. The zero-order chi connectivity index (χ0) is 31.3. The topological polar surface area (TPSA) is 26.3 Å². The van der Waals surface area contributed by atoms with Gasteiger partial charge in [0.15, 0.2) is 0 Å². The maximum Gasteiger partial charge on any atom is 0.143 e. The van der Waals surface area contributed by atoms with E-state index in [0.29, 0.717) is 0 Å². The smallest absolute Gasteiger partial charge is 0.143 e. The van der Waals surface area contributed by atoms with Crippen molar-refractivity contribution in [2.45, 2.75) is 0 Å². The molecule has 11 rings (SSSR count). The van der Waals surface area contributed by atoms with Crippen molar-refractivity contribution in [2.75, 3.05) is 0 Å². The molecule has 0 unspecified atom stereocenters. The zero-order valence-corrected chi connectivity index (χ0v) is 25.8. The summed E-state index contributed by atoms with van der Waals surface area (Å²) in [6, 6.07) is 56.6. The molecule has 2 aromatic heterocycles. The fourth-order valence-electron chi connectivity index (χ4n) is 8.05. The second-order valence-electron chi connectivity index (χ2n) is 12.8. The van der Waals surface area contributed by atoms with Crippen molar-refractivity contribution in [3.63, 3.8) is 0 Å². The van der Waals surface area contributed by atoms with Crippen LogP contribution in [0.5, 0.6) is 0 Å². The van der Waals surface area contributed by atoms with Gasteiger partial charge in [0.05, 0.1) is 0 Å². The molecule has 0 aliphatic heterocycles. The van der Waals surface area contributed by atoms with E-state index in [1.807, 2.05) is 12.1 Å². The highest BCUT2D eigenvalue weighted by atomic mass is 16.3. The van der Waals surface area contributed by atoms with E-state index in [-0.39, 0.29) is 0 Å². The molecule has 0 spiro atoms. The molecular formula is C46H26O2. The van der Waals surface area contributed by atoms with Crippen LogP contribution in [0.3, 0.4) is 0 Å². The Kier molecular flexibility index (Phi) is 5.14. The molecule has 0 bridgehead atoms. The van der Waals surface area contributed by atoms with Crippen molar-refractivity contribution in [3.8, 4) is 22.3 Å². The Morgan fingerprint density at radius 1 is 0.292 bits per heavy atom. The summed E-state index contributed by atoms with van der Waals surface area (Å²) in [5, 5.41) is 14.0. The summed E-state index contributed by atoms with van der Waals surface area (Å²) in [7, 11) is 0. The van der Waals surface area contributed by atoms with Gasteiger partial charge in [0.25, 0.3) is 0 Å². The van der Waals surface area contributed by atoms with Gasteiger partial charge >= 0.3 is 0 Å². The van der Waals surface area contributed by atoms with Crippen LogP contribution in [0.2, 0.25) is 0 Å². The molecule has 0 amide bonds. The van der Waals surface area contributed by atoms with Crippen LogP contribution in [-0.4, -0.2) is 0 Å². The van der Waals surface area contributed by atoms with Gasteiger partial charge in [0.1, 0.15) is 22.3 Å². The Hall–Kier alpha value is -6.38. The fourth-order valence-corrected chi connectivity index (χ4v) is 8.05. The molecule has 2 heterocycles. The molecule has 48 heavy (non-hydrogen) atoms. The van der Waals surface area contributed by atoms with Gasteiger partial charge in [-0.2, -0.15) is 0 Å². The Balaban J connectivity index is 1.33. The first-order valence-electron chi connectivity index (χ1n) is 16.4. The van der Waals surface area contributed by atoms with Gasteiger partial charge in [-0.25, -0.2) is 0 Å². The minimum Gasteiger partial charge on any atom is -0.455 e. The summed E-state index contributed by atoms with van der Waals surface area (Å²) in [6.07, 6.45) is 0. The maximum atomic E-state index is 6.66. The fraction of sp³-hybridized carbons (Fsp3) is 0. The molecule has 0 aliphatic rings. The average Bonchev–Trinajstić information content (AvgIpc) is 3.73. The van der Waals surface area contributed by atoms with E-state index in [0.717, 1.165) is 54.6 Å². The summed E-state index contributed by atoms with van der Waals surface area (Å²) in [6.45, 7) is 0. The molecule has 2 heteroatoms. The number of hydrogen-bond acceptors (Lipinski definition) is 2. The molecule has 0 saturated carbocycles. The van der Waals surface area contributed by atoms with Crippen LogP contribution in [0, 0.1) is 0 Å². The van der Waals surface area contributed by atoms with Crippen LogP contribution >= 0.6 is 0 Å². The van der Waals surface area contributed by atoms with Gasteiger partial charge in [-0.15, -0.1) is 0 Å². The predicted octanol–water partition coefficient (Wildman–Crippen LogP) is 13.4. The molecule has 222 valence electrons. The first-order chi connectivity index (χ1) is 23.8. The first-order valence-corrected chi connectivity index (χ1v) is 16.4. The van der Waals surface area contributed by atoms with Crippen molar-refractivity contribution in [1.29, 1.82) is 0 Å². The van der Waals surface area contributed by atoms with E-state index in [1.165, 1.54) is 54.6 Å². The maximum absolute atomic E-state index is 6.66. The number of rotatable bonds is 2. The van der Waals surface area contributed by atoms with Gasteiger partial charge in [-0.05, 0) is 103 Å². The Bertz CT molecular complexity index is 2880. The molecule has 0 saturated heterocycles. The van der Waals surface area contributed by atoms with E-state index in [1.54, 1.807) is 0 Å². The van der Waals surface area contributed by atoms with Crippen molar-refractivity contribution in [2.24, 2.45) is 0 Å². The average molecular weight is 611 g/mol. The van der Waals surface area contributed by atoms with E-state index >= 15 is 0 Å². The second kappa shape index (κ2) is 9.57. The quantitative estimate of drug-likeness (QED) is 0.144. The number of benzene rings is 9. The van der Waals surface area contributed by atoms with E-state index < -0.39 is 0 Å². The molecule has 0 atom stereocenters.